The predicted octanol–water partition coefficient (Wildman–Crippen LogP) is 7.37. The van der Waals surface area contributed by atoms with Crippen LogP contribution in [0.3, 0.4) is 0 Å². The van der Waals surface area contributed by atoms with Crippen LogP contribution in [-0.2, 0) is 14.3 Å². The molecule has 0 aromatic carbocycles. The fraction of sp³-hybridized carbons (Fsp3) is 0.943. The molecule has 7 heteroatoms. The molecule has 0 aromatic rings. The number of cyclic esters (lactones) is 1. The minimum Gasteiger partial charge on any atom is -0.461 e. The summed E-state index contributed by atoms with van der Waals surface area (Å²) in [6.07, 6.45) is 22.9. The molecule has 1 amide bonds. The van der Waals surface area contributed by atoms with Crippen molar-refractivity contribution in [2.45, 2.75) is 204 Å². The van der Waals surface area contributed by atoms with Crippen LogP contribution in [0.25, 0.3) is 0 Å². The molecule has 5 atom stereocenters. The van der Waals surface area contributed by atoms with Crippen molar-refractivity contribution in [3.8, 4) is 0 Å². The average molecular weight is 596 g/mol. The summed E-state index contributed by atoms with van der Waals surface area (Å²) in [5, 5.41) is 31.0. The number of hydrogen-bond acceptors (Lipinski definition) is 6. The second-order valence-electron chi connectivity index (χ2n) is 13.2. The van der Waals surface area contributed by atoms with Gasteiger partial charge in [0.15, 0.2) is 0 Å². The van der Waals surface area contributed by atoms with E-state index in [1.54, 1.807) is 4.90 Å². The van der Waals surface area contributed by atoms with Gasteiger partial charge in [-0.3, -0.25) is 4.79 Å². The van der Waals surface area contributed by atoms with E-state index >= 15 is 0 Å². The maximum Gasteiger partial charge on any atom is 0.329 e. The molecule has 0 aromatic heterocycles. The van der Waals surface area contributed by atoms with E-state index in [1.165, 1.54) is 32.1 Å². The predicted molar refractivity (Wildman–Crippen MR) is 169 cm³/mol. The van der Waals surface area contributed by atoms with Gasteiger partial charge >= 0.3 is 5.97 Å². The molecule has 2 fully saturated rings. The van der Waals surface area contributed by atoms with E-state index in [4.69, 9.17) is 4.74 Å². The molecule has 2 saturated heterocycles. The molecular weight excluding hydrogens is 530 g/mol. The second kappa shape index (κ2) is 23.2. The first-order chi connectivity index (χ1) is 20.4. The molecule has 2 aliphatic rings. The van der Waals surface area contributed by atoms with Crippen molar-refractivity contribution in [2.75, 3.05) is 6.54 Å². The first kappa shape index (κ1) is 37.0. The third kappa shape index (κ3) is 15.5. The molecule has 0 spiro atoms. The molecular formula is C35H65NO6. The molecule has 2 aliphatic heterocycles. The molecule has 0 unspecified atom stereocenters. The molecule has 246 valence electrons. The van der Waals surface area contributed by atoms with Crippen molar-refractivity contribution in [3.05, 3.63) is 0 Å². The quantitative estimate of drug-likeness (QED) is 0.288. The van der Waals surface area contributed by atoms with E-state index in [1.807, 2.05) is 0 Å². The highest BCUT2D eigenvalue weighted by Gasteiger charge is 2.35. The highest BCUT2D eigenvalue weighted by atomic mass is 16.5. The van der Waals surface area contributed by atoms with E-state index in [0.717, 1.165) is 116 Å². The van der Waals surface area contributed by atoms with E-state index in [9.17, 15) is 24.9 Å². The van der Waals surface area contributed by atoms with Crippen LogP contribution in [0.1, 0.15) is 174 Å². The van der Waals surface area contributed by atoms with Gasteiger partial charge in [-0.1, -0.05) is 116 Å². The molecule has 0 aliphatic carbocycles. The summed E-state index contributed by atoms with van der Waals surface area (Å²) in [5.41, 5.74) is 0. The summed E-state index contributed by atoms with van der Waals surface area (Å²) < 4.78 is 5.99. The lowest BCUT2D eigenvalue weighted by atomic mass is 9.97. The molecule has 42 heavy (non-hydrogen) atoms. The number of aliphatic hydroxyl groups is 3. The van der Waals surface area contributed by atoms with Gasteiger partial charge in [-0.2, -0.15) is 0 Å². The Bertz CT molecular complexity index is 703. The fourth-order valence-corrected chi connectivity index (χ4v) is 6.71. The lowest BCUT2D eigenvalue weighted by Gasteiger charge is -2.26. The number of carbonyl (C=O) groups is 2. The van der Waals surface area contributed by atoms with Crippen molar-refractivity contribution in [1.82, 2.24) is 4.90 Å². The zero-order valence-electron chi connectivity index (χ0n) is 27.0. The van der Waals surface area contributed by atoms with Crippen molar-refractivity contribution >= 4 is 11.9 Å². The Morgan fingerprint density at radius 1 is 0.619 bits per heavy atom. The number of rotatable bonds is 2. The van der Waals surface area contributed by atoms with Gasteiger partial charge in [-0.05, 0) is 51.4 Å². The maximum absolute atomic E-state index is 13.1. The van der Waals surface area contributed by atoms with Gasteiger partial charge in [0, 0.05) is 13.0 Å². The number of esters is 1. The molecule has 0 radical (unpaired) electrons. The third-order valence-electron chi connectivity index (χ3n) is 9.44. The van der Waals surface area contributed by atoms with E-state index < -0.39 is 24.4 Å². The van der Waals surface area contributed by atoms with Crippen LogP contribution < -0.4 is 0 Å². The zero-order chi connectivity index (χ0) is 30.4. The Morgan fingerprint density at radius 3 is 1.57 bits per heavy atom. The minimum absolute atomic E-state index is 0.0621. The SMILES string of the molecule is CCC[C@H]1CCCCCCCCC[C@H](O)[C@H](O)[C@@H](O)CCCCCCCCCCCCCC(=O)N2CCC[C@H]2C(=O)O1. The van der Waals surface area contributed by atoms with Gasteiger partial charge in [-0.25, -0.2) is 4.79 Å². The third-order valence-corrected chi connectivity index (χ3v) is 9.44. The Hall–Kier alpha value is -1.18. The topological polar surface area (TPSA) is 107 Å². The van der Waals surface area contributed by atoms with E-state index in [0.29, 0.717) is 25.8 Å². The molecule has 0 bridgehead atoms. The Balaban J connectivity index is 1.81. The number of hydrogen-bond donors (Lipinski definition) is 3. The second-order valence-corrected chi connectivity index (χ2v) is 13.2. The highest BCUT2D eigenvalue weighted by Crippen LogP contribution is 2.24. The van der Waals surface area contributed by atoms with Crippen molar-refractivity contribution in [2.24, 2.45) is 0 Å². The first-order valence-electron chi connectivity index (χ1n) is 18.0. The molecule has 7 nitrogen and oxygen atoms in total. The smallest absolute Gasteiger partial charge is 0.329 e. The van der Waals surface area contributed by atoms with Crippen LogP contribution in [0.4, 0.5) is 0 Å². The van der Waals surface area contributed by atoms with Crippen LogP contribution in [0.5, 0.6) is 0 Å². The highest BCUT2D eigenvalue weighted by molar-refractivity contribution is 5.85. The van der Waals surface area contributed by atoms with Gasteiger partial charge in [0.1, 0.15) is 18.2 Å². The van der Waals surface area contributed by atoms with Gasteiger partial charge in [-0.15, -0.1) is 0 Å². The van der Waals surface area contributed by atoms with Crippen LogP contribution in [-0.4, -0.2) is 69.1 Å². The average Bonchev–Trinajstić information content (AvgIpc) is 3.48. The number of fused-ring (bicyclic) bond motifs is 1. The molecule has 2 rings (SSSR count). The number of aliphatic hydroxyl groups excluding tert-OH is 3. The van der Waals surface area contributed by atoms with Gasteiger partial charge in [0.25, 0.3) is 0 Å². The summed E-state index contributed by atoms with van der Waals surface area (Å²) in [4.78, 5) is 27.8. The Labute approximate surface area is 257 Å². The van der Waals surface area contributed by atoms with Gasteiger partial charge in [0.2, 0.25) is 5.91 Å². The number of nitrogens with zero attached hydrogens (tertiary/aromatic N) is 1. The largest absolute Gasteiger partial charge is 0.461 e. The zero-order valence-corrected chi connectivity index (χ0v) is 27.0. The first-order valence-corrected chi connectivity index (χ1v) is 18.0. The maximum atomic E-state index is 13.1. The van der Waals surface area contributed by atoms with Crippen LogP contribution in [0.15, 0.2) is 0 Å². The van der Waals surface area contributed by atoms with Crippen LogP contribution in [0.2, 0.25) is 0 Å². The Kier molecular flexibility index (Phi) is 20.5. The van der Waals surface area contributed by atoms with Gasteiger partial charge in [0.05, 0.1) is 12.2 Å². The van der Waals surface area contributed by atoms with Crippen molar-refractivity contribution in [1.29, 1.82) is 0 Å². The lowest BCUT2D eigenvalue weighted by Crippen LogP contribution is -2.42. The van der Waals surface area contributed by atoms with E-state index in [-0.39, 0.29) is 18.0 Å². The van der Waals surface area contributed by atoms with E-state index in [2.05, 4.69) is 6.92 Å². The molecule has 3 N–H and O–H groups in total. The summed E-state index contributed by atoms with van der Waals surface area (Å²) in [7, 11) is 0. The number of amides is 1. The summed E-state index contributed by atoms with van der Waals surface area (Å²) in [6.45, 7) is 2.80. The lowest BCUT2D eigenvalue weighted by molar-refractivity contribution is -0.158. The molecule has 0 saturated carbocycles. The minimum atomic E-state index is -1.05. The summed E-state index contributed by atoms with van der Waals surface area (Å²) in [6, 6.07) is -0.399. The van der Waals surface area contributed by atoms with Crippen LogP contribution in [0, 0.1) is 0 Å². The van der Waals surface area contributed by atoms with Crippen molar-refractivity contribution < 1.29 is 29.6 Å². The fourth-order valence-electron chi connectivity index (χ4n) is 6.71. The summed E-state index contributed by atoms with van der Waals surface area (Å²) in [5.74, 6) is -0.0807. The molecule has 2 heterocycles. The van der Waals surface area contributed by atoms with Crippen LogP contribution >= 0.6 is 0 Å². The number of carbonyl (C=O) groups excluding carboxylic acids is 2. The Morgan fingerprint density at radius 2 is 1.07 bits per heavy atom. The monoisotopic (exact) mass is 595 g/mol. The standard InChI is InChI=1S/C35H65NO6/c1-2-22-29-23-17-13-9-8-11-15-19-26-32(38)34(40)31(37)25-18-14-10-6-4-3-5-7-12-16-20-27-33(39)36-28-21-24-30(36)35(41)42-29/h29-32,34,37-38,40H,2-28H2,1H3/t29-,30-,31-,32-,34+/m0/s1. The summed E-state index contributed by atoms with van der Waals surface area (Å²) >= 11 is 0. The number of ether oxygens (including phenoxy) is 1. The van der Waals surface area contributed by atoms with Crippen molar-refractivity contribution in [3.63, 3.8) is 0 Å². The normalized spacial score (nSPS) is 31.0. The van der Waals surface area contributed by atoms with Gasteiger partial charge < -0.3 is 25.0 Å².